The average molecular weight is 480 g/mol. The van der Waals surface area contributed by atoms with E-state index < -0.39 is 17.5 Å². The van der Waals surface area contributed by atoms with Crippen LogP contribution >= 0.6 is 0 Å². The summed E-state index contributed by atoms with van der Waals surface area (Å²) >= 11 is 0. The fraction of sp³-hybridized carbons (Fsp3) is 0.467. The first-order valence-corrected chi connectivity index (χ1v) is 12.6. The van der Waals surface area contributed by atoms with Crippen LogP contribution in [0.4, 0.5) is 0 Å². The standard InChI is InChI=1S/C24H28O4.C6H13N/c1-17-15-18(13-14-21(17)19-10-6-5-7-11-19)9-8-12-20(23(26)27)16-22(25)28-24(2,3)4;7-6-4-2-1-3-5-6/h5-7,10-15H,8-9,16H2,1-4H3,(H,26,27);6H,1-5,7H2. The Bertz CT molecular complexity index is 983. The second kappa shape index (κ2) is 13.8. The largest absolute Gasteiger partial charge is 0.478 e. The molecule has 1 aliphatic carbocycles. The second-order valence-electron chi connectivity index (χ2n) is 10.2. The van der Waals surface area contributed by atoms with E-state index in [1.807, 2.05) is 18.2 Å². The van der Waals surface area contributed by atoms with Crippen LogP contribution in [0.1, 0.15) is 76.8 Å². The molecule has 0 aromatic heterocycles. The minimum absolute atomic E-state index is 0.0758. The number of carbonyl (C=O) groups excluding carboxylic acids is 1. The topological polar surface area (TPSA) is 89.6 Å². The van der Waals surface area contributed by atoms with Gasteiger partial charge in [-0.05, 0) is 75.6 Å². The fourth-order valence-corrected chi connectivity index (χ4v) is 4.14. The van der Waals surface area contributed by atoms with E-state index in [-0.39, 0.29) is 12.0 Å². The van der Waals surface area contributed by atoms with Gasteiger partial charge in [0, 0.05) is 11.6 Å². The van der Waals surface area contributed by atoms with E-state index in [4.69, 9.17) is 10.5 Å². The zero-order valence-corrected chi connectivity index (χ0v) is 21.7. The lowest BCUT2D eigenvalue weighted by Crippen LogP contribution is -2.24. The summed E-state index contributed by atoms with van der Waals surface area (Å²) in [7, 11) is 0. The predicted molar refractivity (Wildman–Crippen MR) is 142 cm³/mol. The van der Waals surface area contributed by atoms with Crippen LogP contribution in [0.15, 0.2) is 60.2 Å². The molecular weight excluding hydrogens is 438 g/mol. The highest BCUT2D eigenvalue weighted by atomic mass is 16.6. The molecule has 0 bridgehead atoms. The van der Waals surface area contributed by atoms with Gasteiger partial charge in [0.1, 0.15) is 5.60 Å². The molecular formula is C30H41NO4. The van der Waals surface area contributed by atoms with Crippen molar-refractivity contribution in [3.8, 4) is 11.1 Å². The number of carboxylic acid groups (broad SMARTS) is 1. The predicted octanol–water partition coefficient (Wildman–Crippen LogP) is 6.62. The number of aliphatic carboxylic acids is 1. The number of hydrogen-bond donors (Lipinski definition) is 2. The van der Waals surface area contributed by atoms with Crippen molar-refractivity contribution in [2.45, 2.75) is 90.7 Å². The van der Waals surface area contributed by atoms with Crippen LogP contribution in [0, 0.1) is 6.92 Å². The fourth-order valence-electron chi connectivity index (χ4n) is 4.14. The van der Waals surface area contributed by atoms with Gasteiger partial charge in [0.05, 0.1) is 6.42 Å². The van der Waals surface area contributed by atoms with Gasteiger partial charge in [-0.15, -0.1) is 0 Å². The van der Waals surface area contributed by atoms with Crippen molar-refractivity contribution >= 4 is 11.9 Å². The van der Waals surface area contributed by atoms with Crippen molar-refractivity contribution in [3.05, 3.63) is 71.3 Å². The normalized spacial score (nSPS) is 14.6. The molecule has 1 fully saturated rings. The molecule has 5 heteroatoms. The Hall–Kier alpha value is -2.92. The number of hydrogen-bond acceptors (Lipinski definition) is 4. The molecule has 0 atom stereocenters. The smallest absolute Gasteiger partial charge is 0.331 e. The molecule has 3 rings (SSSR count). The van der Waals surface area contributed by atoms with Gasteiger partial charge in [-0.1, -0.05) is 73.9 Å². The van der Waals surface area contributed by atoms with Gasteiger partial charge in [-0.3, -0.25) is 4.79 Å². The summed E-state index contributed by atoms with van der Waals surface area (Å²) in [6, 6.07) is 17.0. The third kappa shape index (κ3) is 10.9. The number of esters is 1. The Labute approximate surface area is 210 Å². The third-order valence-corrected chi connectivity index (χ3v) is 5.88. The number of carbonyl (C=O) groups is 2. The molecule has 5 nitrogen and oxygen atoms in total. The van der Waals surface area contributed by atoms with Gasteiger partial charge >= 0.3 is 11.9 Å². The van der Waals surface area contributed by atoms with Crippen molar-refractivity contribution in [3.63, 3.8) is 0 Å². The van der Waals surface area contributed by atoms with Crippen molar-refractivity contribution in [1.29, 1.82) is 0 Å². The molecule has 0 unspecified atom stereocenters. The number of benzene rings is 2. The third-order valence-electron chi connectivity index (χ3n) is 5.88. The Morgan fingerprint density at radius 2 is 1.71 bits per heavy atom. The Balaban J connectivity index is 0.000000527. The first-order valence-electron chi connectivity index (χ1n) is 12.6. The van der Waals surface area contributed by atoms with Crippen LogP contribution in [0.3, 0.4) is 0 Å². The molecule has 35 heavy (non-hydrogen) atoms. The van der Waals surface area contributed by atoms with E-state index in [0.29, 0.717) is 18.9 Å². The zero-order chi connectivity index (χ0) is 25.8. The molecule has 1 aliphatic rings. The van der Waals surface area contributed by atoms with Gasteiger partial charge < -0.3 is 15.6 Å². The molecule has 0 heterocycles. The number of nitrogens with two attached hydrogens (primary N) is 1. The van der Waals surface area contributed by atoms with Gasteiger partial charge in [-0.2, -0.15) is 0 Å². The van der Waals surface area contributed by atoms with E-state index in [0.717, 1.165) is 5.56 Å². The van der Waals surface area contributed by atoms with Gasteiger partial charge in [0.25, 0.3) is 0 Å². The lowest BCUT2D eigenvalue weighted by Gasteiger charge is -2.19. The van der Waals surface area contributed by atoms with Gasteiger partial charge in [0.2, 0.25) is 0 Å². The van der Waals surface area contributed by atoms with Crippen molar-refractivity contribution < 1.29 is 19.4 Å². The minimum atomic E-state index is -1.08. The summed E-state index contributed by atoms with van der Waals surface area (Å²) in [6.07, 6.45) is 9.32. The van der Waals surface area contributed by atoms with Crippen molar-refractivity contribution in [2.75, 3.05) is 0 Å². The molecule has 0 spiro atoms. The van der Waals surface area contributed by atoms with Crippen LogP contribution in [0.25, 0.3) is 11.1 Å². The molecule has 2 aromatic carbocycles. The number of aryl methyl sites for hydroxylation is 2. The van der Waals surface area contributed by atoms with Crippen molar-refractivity contribution in [2.24, 2.45) is 5.73 Å². The van der Waals surface area contributed by atoms with Crippen LogP contribution < -0.4 is 5.73 Å². The van der Waals surface area contributed by atoms with Crippen LogP contribution in [-0.4, -0.2) is 28.7 Å². The lowest BCUT2D eigenvalue weighted by atomic mass is 9.97. The molecule has 1 saturated carbocycles. The summed E-state index contributed by atoms with van der Waals surface area (Å²) in [5.74, 6) is -1.61. The highest BCUT2D eigenvalue weighted by molar-refractivity contribution is 5.92. The SMILES string of the molecule is Cc1cc(CCC=C(CC(=O)OC(C)(C)C)C(=O)O)ccc1-c1ccccc1.NC1CCCCC1. The van der Waals surface area contributed by atoms with Crippen molar-refractivity contribution in [1.82, 2.24) is 0 Å². The molecule has 0 amide bonds. The van der Waals surface area contributed by atoms with Gasteiger partial charge in [-0.25, -0.2) is 4.79 Å². The molecule has 3 N–H and O–H groups in total. The lowest BCUT2D eigenvalue weighted by molar-refractivity contribution is -0.155. The Morgan fingerprint density at radius 3 is 2.23 bits per heavy atom. The van der Waals surface area contributed by atoms with E-state index >= 15 is 0 Å². The summed E-state index contributed by atoms with van der Waals surface area (Å²) in [5.41, 5.74) is 9.77. The quantitative estimate of drug-likeness (QED) is 0.344. The minimum Gasteiger partial charge on any atom is -0.478 e. The number of rotatable bonds is 7. The molecule has 190 valence electrons. The maximum atomic E-state index is 11.9. The average Bonchev–Trinajstić information content (AvgIpc) is 2.79. The maximum Gasteiger partial charge on any atom is 0.331 e. The Kier molecular flexibility index (Phi) is 11.2. The summed E-state index contributed by atoms with van der Waals surface area (Å²) in [4.78, 5) is 23.3. The zero-order valence-electron chi connectivity index (χ0n) is 21.7. The van der Waals surface area contributed by atoms with E-state index in [1.165, 1.54) is 48.8 Å². The number of allylic oxidation sites excluding steroid dienone is 1. The van der Waals surface area contributed by atoms with E-state index in [2.05, 4.69) is 37.3 Å². The highest BCUT2D eigenvalue weighted by Crippen LogP contribution is 2.24. The summed E-state index contributed by atoms with van der Waals surface area (Å²) in [6.45, 7) is 7.36. The molecule has 0 aliphatic heterocycles. The first-order chi connectivity index (χ1) is 16.5. The van der Waals surface area contributed by atoms with E-state index in [1.54, 1.807) is 26.8 Å². The van der Waals surface area contributed by atoms with Crippen LogP contribution in [0.5, 0.6) is 0 Å². The molecule has 0 saturated heterocycles. The molecule has 2 aromatic rings. The highest BCUT2D eigenvalue weighted by Gasteiger charge is 2.19. The Morgan fingerprint density at radius 1 is 1.06 bits per heavy atom. The second-order valence-corrected chi connectivity index (χ2v) is 10.2. The summed E-state index contributed by atoms with van der Waals surface area (Å²) in [5, 5.41) is 9.35. The maximum absolute atomic E-state index is 11.9. The summed E-state index contributed by atoms with van der Waals surface area (Å²) < 4.78 is 5.21. The van der Waals surface area contributed by atoms with Gasteiger partial charge in [0.15, 0.2) is 0 Å². The molecule has 0 radical (unpaired) electrons. The monoisotopic (exact) mass is 479 g/mol. The number of ether oxygens (including phenoxy) is 1. The van der Waals surface area contributed by atoms with E-state index in [9.17, 15) is 14.7 Å². The number of carboxylic acids is 1. The van der Waals surface area contributed by atoms with Crippen LogP contribution in [-0.2, 0) is 20.7 Å². The van der Waals surface area contributed by atoms with Crippen LogP contribution in [0.2, 0.25) is 0 Å². The first kappa shape index (κ1) is 28.3.